The molecule has 0 radical (unpaired) electrons. The molecule has 0 spiro atoms. The summed E-state index contributed by atoms with van der Waals surface area (Å²) >= 11 is 5.49. The number of allylic oxidation sites excluding steroid dienone is 2. The fourth-order valence-electron chi connectivity index (χ4n) is 0.672. The van der Waals surface area contributed by atoms with Gasteiger partial charge in [-0.2, -0.15) is 8.78 Å². The van der Waals surface area contributed by atoms with Crippen LogP contribution in [0.25, 0.3) is 0 Å². The van der Waals surface area contributed by atoms with E-state index in [1.165, 1.54) is 12.3 Å². The quantitative estimate of drug-likeness (QED) is 0.643. The van der Waals surface area contributed by atoms with Crippen molar-refractivity contribution in [3.05, 3.63) is 23.4 Å². The van der Waals surface area contributed by atoms with Crippen LogP contribution in [-0.4, -0.2) is 18.0 Å². The Balaban J connectivity index is 0.000001000. The average Bonchev–Trinajstić information content (AvgIpc) is 1.88. The second kappa shape index (κ2) is 4.72. The normalized spacial score (nSPS) is 16.4. The van der Waals surface area contributed by atoms with Crippen molar-refractivity contribution < 1.29 is 8.78 Å². The van der Waals surface area contributed by atoms with Crippen molar-refractivity contribution in [2.75, 3.05) is 6.54 Å². The molecular formula is C6H7BrClF2N. The summed E-state index contributed by atoms with van der Waals surface area (Å²) in [6.07, 6.45) is 4.41. The van der Waals surface area contributed by atoms with Crippen molar-refractivity contribution in [2.24, 2.45) is 0 Å². The summed E-state index contributed by atoms with van der Waals surface area (Å²) in [5, 5.41) is 0.433. The summed E-state index contributed by atoms with van der Waals surface area (Å²) in [4.78, 5) is 0.863. The lowest BCUT2D eigenvalue weighted by Crippen LogP contribution is -2.25. The van der Waals surface area contributed by atoms with E-state index < -0.39 is 6.55 Å². The fraction of sp³-hybridized carbons (Fsp3) is 0.333. The lowest BCUT2D eigenvalue weighted by molar-refractivity contribution is 0.0119. The molecule has 1 aliphatic rings. The second-order valence-electron chi connectivity index (χ2n) is 1.91. The minimum Gasteiger partial charge on any atom is -0.317 e. The van der Waals surface area contributed by atoms with Gasteiger partial charge in [0.15, 0.2) is 0 Å². The SMILES string of the molecule is Br.FC(F)N1C=CC=C(Cl)C1. The number of hydrogen-bond donors (Lipinski definition) is 0. The van der Waals surface area contributed by atoms with Gasteiger partial charge >= 0.3 is 6.55 Å². The molecule has 1 nitrogen and oxygen atoms in total. The first-order chi connectivity index (χ1) is 4.70. The van der Waals surface area contributed by atoms with Gasteiger partial charge in [0, 0.05) is 11.2 Å². The van der Waals surface area contributed by atoms with E-state index in [1.807, 2.05) is 0 Å². The number of rotatable bonds is 1. The molecule has 0 atom stereocenters. The smallest absolute Gasteiger partial charge is 0.315 e. The third-order valence-electron chi connectivity index (χ3n) is 1.14. The van der Waals surface area contributed by atoms with Crippen molar-refractivity contribution in [3.63, 3.8) is 0 Å². The molecule has 0 saturated heterocycles. The molecule has 64 valence electrons. The Morgan fingerprint density at radius 3 is 2.55 bits per heavy atom. The molecule has 1 aliphatic heterocycles. The standard InChI is InChI=1S/C6H6ClF2N.BrH/c7-5-2-1-3-10(4-5)6(8)9;/h1-3,6H,4H2;1H. The van der Waals surface area contributed by atoms with Crippen molar-refractivity contribution in [1.29, 1.82) is 0 Å². The van der Waals surface area contributed by atoms with E-state index in [-0.39, 0.29) is 23.5 Å². The predicted octanol–water partition coefficient (Wildman–Crippen LogP) is 2.74. The van der Waals surface area contributed by atoms with E-state index in [1.54, 1.807) is 6.08 Å². The summed E-state index contributed by atoms with van der Waals surface area (Å²) in [6, 6.07) is 0. The molecule has 0 aromatic rings. The van der Waals surface area contributed by atoms with Gasteiger partial charge in [-0.15, -0.1) is 17.0 Å². The number of halogens is 4. The molecule has 0 fully saturated rings. The average molecular weight is 246 g/mol. The van der Waals surface area contributed by atoms with E-state index in [0.717, 1.165) is 4.90 Å². The summed E-state index contributed by atoms with van der Waals surface area (Å²) in [5.74, 6) is 0. The van der Waals surface area contributed by atoms with Crippen molar-refractivity contribution in [2.45, 2.75) is 6.55 Å². The maximum atomic E-state index is 11.9. The van der Waals surface area contributed by atoms with Crippen molar-refractivity contribution in [3.8, 4) is 0 Å². The van der Waals surface area contributed by atoms with Crippen LogP contribution in [0.4, 0.5) is 8.78 Å². The highest BCUT2D eigenvalue weighted by molar-refractivity contribution is 8.93. The Bertz CT molecular complexity index is 181. The molecule has 0 aromatic heterocycles. The Morgan fingerprint density at radius 1 is 1.55 bits per heavy atom. The van der Waals surface area contributed by atoms with Crippen LogP contribution in [0.3, 0.4) is 0 Å². The highest BCUT2D eigenvalue weighted by Crippen LogP contribution is 2.14. The van der Waals surface area contributed by atoms with E-state index >= 15 is 0 Å². The zero-order valence-electron chi connectivity index (χ0n) is 5.51. The van der Waals surface area contributed by atoms with Crippen molar-refractivity contribution in [1.82, 2.24) is 4.90 Å². The third kappa shape index (κ3) is 3.20. The van der Waals surface area contributed by atoms with Gasteiger partial charge < -0.3 is 4.90 Å². The summed E-state index contributed by atoms with van der Waals surface area (Å²) in [6.45, 7) is -2.35. The van der Waals surface area contributed by atoms with Crippen LogP contribution in [0.15, 0.2) is 23.4 Å². The molecule has 0 saturated carbocycles. The Labute approximate surface area is 79.1 Å². The van der Waals surface area contributed by atoms with Gasteiger partial charge in [0.25, 0.3) is 0 Å². The van der Waals surface area contributed by atoms with Crippen LogP contribution in [0.2, 0.25) is 0 Å². The Morgan fingerprint density at radius 2 is 2.18 bits per heavy atom. The Hall–Kier alpha value is -0.0900. The molecule has 0 aromatic carbocycles. The number of alkyl halides is 2. The molecule has 0 amide bonds. The molecule has 0 unspecified atom stereocenters. The van der Waals surface area contributed by atoms with Crippen LogP contribution in [0.1, 0.15) is 0 Å². The predicted molar refractivity (Wildman–Crippen MR) is 46.1 cm³/mol. The lowest BCUT2D eigenvalue weighted by atomic mass is 10.4. The molecule has 0 aliphatic carbocycles. The van der Waals surface area contributed by atoms with Gasteiger partial charge in [-0.25, -0.2) is 0 Å². The van der Waals surface area contributed by atoms with E-state index in [0.29, 0.717) is 5.03 Å². The largest absolute Gasteiger partial charge is 0.317 e. The van der Waals surface area contributed by atoms with Gasteiger partial charge in [-0.3, -0.25) is 0 Å². The van der Waals surface area contributed by atoms with Crippen LogP contribution < -0.4 is 0 Å². The van der Waals surface area contributed by atoms with Gasteiger partial charge in [0.2, 0.25) is 0 Å². The molecule has 5 heteroatoms. The highest BCUT2D eigenvalue weighted by atomic mass is 79.9. The van der Waals surface area contributed by atoms with Gasteiger partial charge in [-0.05, 0) is 12.2 Å². The molecule has 1 rings (SSSR count). The topological polar surface area (TPSA) is 3.24 Å². The zero-order chi connectivity index (χ0) is 7.56. The number of hydrogen-bond acceptors (Lipinski definition) is 1. The first kappa shape index (κ1) is 10.9. The van der Waals surface area contributed by atoms with Crippen LogP contribution in [0.5, 0.6) is 0 Å². The van der Waals surface area contributed by atoms with Gasteiger partial charge in [0.05, 0.1) is 6.54 Å². The minimum absolute atomic E-state index is 0. The van der Waals surface area contributed by atoms with Gasteiger partial charge in [0.1, 0.15) is 0 Å². The summed E-state index contributed by atoms with van der Waals surface area (Å²) in [5.41, 5.74) is 0. The van der Waals surface area contributed by atoms with E-state index in [9.17, 15) is 8.78 Å². The highest BCUT2D eigenvalue weighted by Gasteiger charge is 2.13. The maximum Gasteiger partial charge on any atom is 0.315 e. The monoisotopic (exact) mass is 245 g/mol. The maximum absolute atomic E-state index is 11.9. The molecule has 11 heavy (non-hydrogen) atoms. The molecular weight excluding hydrogens is 239 g/mol. The second-order valence-corrected chi connectivity index (χ2v) is 2.39. The first-order valence-electron chi connectivity index (χ1n) is 2.77. The lowest BCUT2D eigenvalue weighted by Gasteiger charge is -2.20. The molecule has 0 bridgehead atoms. The number of nitrogens with zero attached hydrogens (tertiary/aromatic N) is 1. The third-order valence-corrected chi connectivity index (χ3v) is 1.38. The van der Waals surface area contributed by atoms with Crippen molar-refractivity contribution >= 4 is 28.6 Å². The molecule has 1 heterocycles. The zero-order valence-corrected chi connectivity index (χ0v) is 7.97. The van der Waals surface area contributed by atoms with Crippen LogP contribution in [0, 0.1) is 0 Å². The van der Waals surface area contributed by atoms with Crippen LogP contribution >= 0.6 is 28.6 Å². The molecule has 0 N–H and O–H groups in total. The van der Waals surface area contributed by atoms with E-state index in [4.69, 9.17) is 11.6 Å². The van der Waals surface area contributed by atoms with E-state index in [2.05, 4.69) is 0 Å². The minimum atomic E-state index is -2.46. The first-order valence-corrected chi connectivity index (χ1v) is 3.14. The Kier molecular flexibility index (Phi) is 4.68. The summed E-state index contributed by atoms with van der Waals surface area (Å²) in [7, 11) is 0. The fourth-order valence-corrected chi connectivity index (χ4v) is 0.883. The van der Waals surface area contributed by atoms with Crippen LogP contribution in [-0.2, 0) is 0 Å². The summed E-state index contributed by atoms with van der Waals surface area (Å²) < 4.78 is 23.8. The van der Waals surface area contributed by atoms with Gasteiger partial charge in [-0.1, -0.05) is 11.6 Å².